The van der Waals surface area contributed by atoms with Gasteiger partial charge in [0, 0.05) is 43.2 Å². The summed E-state index contributed by atoms with van der Waals surface area (Å²) in [6, 6.07) is 5.25. The van der Waals surface area contributed by atoms with Gasteiger partial charge in [-0.3, -0.25) is 14.4 Å². The molecule has 2 spiro atoms. The lowest BCUT2D eigenvalue weighted by atomic mass is 9.84. The van der Waals surface area contributed by atoms with Gasteiger partial charge in [0.15, 0.2) is 0 Å². The number of amides is 3. The van der Waals surface area contributed by atoms with E-state index in [2.05, 4.69) is 10.6 Å². The predicted octanol–water partition coefficient (Wildman–Crippen LogP) is 1.60. The van der Waals surface area contributed by atoms with Crippen LogP contribution in [0.4, 0.5) is 5.69 Å². The van der Waals surface area contributed by atoms with E-state index in [4.69, 9.17) is 16.3 Å². The van der Waals surface area contributed by atoms with E-state index < -0.39 is 5.66 Å². The molecule has 4 aliphatic heterocycles. The highest BCUT2D eigenvalue weighted by atomic mass is 35.5. The first-order valence-electron chi connectivity index (χ1n) is 10.5. The summed E-state index contributed by atoms with van der Waals surface area (Å²) in [6.45, 7) is 2.41. The SMILES string of the molecule is O=C1NC2(COC3(CCN(C(=O)CN4CCCC4=O)CC3)C2)Nc2ccc(Cl)cc21. The van der Waals surface area contributed by atoms with Crippen molar-refractivity contribution in [1.29, 1.82) is 0 Å². The summed E-state index contributed by atoms with van der Waals surface area (Å²) in [5.41, 5.74) is 0.272. The number of hydrogen-bond acceptors (Lipinski definition) is 5. The summed E-state index contributed by atoms with van der Waals surface area (Å²) >= 11 is 6.02. The third kappa shape index (κ3) is 3.41. The first kappa shape index (κ1) is 19.6. The van der Waals surface area contributed by atoms with Crippen LogP contribution in [0.25, 0.3) is 0 Å². The van der Waals surface area contributed by atoms with Gasteiger partial charge in [0.25, 0.3) is 5.91 Å². The molecule has 3 amide bonds. The van der Waals surface area contributed by atoms with E-state index in [1.165, 1.54) is 0 Å². The number of benzene rings is 1. The van der Waals surface area contributed by atoms with Crippen LogP contribution in [0.1, 0.15) is 42.5 Å². The van der Waals surface area contributed by atoms with Gasteiger partial charge >= 0.3 is 0 Å². The fourth-order valence-electron chi connectivity index (χ4n) is 5.10. The maximum atomic E-state index is 12.7. The maximum Gasteiger partial charge on any atom is 0.255 e. The molecule has 0 bridgehead atoms. The lowest BCUT2D eigenvalue weighted by molar-refractivity contribution is -0.141. The van der Waals surface area contributed by atoms with Crippen LogP contribution >= 0.6 is 11.6 Å². The fraction of sp³-hybridized carbons (Fsp3) is 0.571. The minimum Gasteiger partial charge on any atom is -0.370 e. The summed E-state index contributed by atoms with van der Waals surface area (Å²) in [5.74, 6) is -0.0870. The van der Waals surface area contributed by atoms with Gasteiger partial charge in [-0.05, 0) is 37.5 Å². The Labute approximate surface area is 179 Å². The van der Waals surface area contributed by atoms with Crippen LogP contribution in [0.3, 0.4) is 0 Å². The molecular weight excluding hydrogens is 408 g/mol. The van der Waals surface area contributed by atoms with Crippen LogP contribution < -0.4 is 10.6 Å². The second-order valence-corrected chi connectivity index (χ2v) is 9.24. The fourth-order valence-corrected chi connectivity index (χ4v) is 5.27. The number of fused-ring (bicyclic) bond motifs is 1. The number of ether oxygens (including phenoxy) is 1. The van der Waals surface area contributed by atoms with Gasteiger partial charge in [0.2, 0.25) is 11.8 Å². The second-order valence-electron chi connectivity index (χ2n) is 8.80. The van der Waals surface area contributed by atoms with Gasteiger partial charge in [0.05, 0.1) is 24.3 Å². The van der Waals surface area contributed by atoms with Crippen LogP contribution in [-0.4, -0.2) is 71.6 Å². The van der Waals surface area contributed by atoms with Crippen LogP contribution in [0.15, 0.2) is 18.2 Å². The number of halogens is 1. The molecule has 30 heavy (non-hydrogen) atoms. The van der Waals surface area contributed by atoms with Gasteiger partial charge < -0.3 is 25.2 Å². The minimum absolute atomic E-state index is 0.00251. The third-order valence-electron chi connectivity index (χ3n) is 6.73. The van der Waals surface area contributed by atoms with E-state index in [-0.39, 0.29) is 29.9 Å². The van der Waals surface area contributed by atoms with Gasteiger partial charge in [-0.2, -0.15) is 0 Å². The predicted molar refractivity (Wildman–Crippen MR) is 110 cm³/mol. The molecule has 1 aromatic rings. The molecule has 3 fully saturated rings. The van der Waals surface area contributed by atoms with Gasteiger partial charge in [-0.25, -0.2) is 0 Å². The lowest BCUT2D eigenvalue weighted by Gasteiger charge is -2.41. The molecule has 4 aliphatic rings. The number of piperidine rings is 1. The smallest absolute Gasteiger partial charge is 0.255 e. The molecule has 160 valence electrons. The van der Waals surface area contributed by atoms with E-state index >= 15 is 0 Å². The Hall–Kier alpha value is -2.32. The number of hydrogen-bond donors (Lipinski definition) is 2. The van der Waals surface area contributed by atoms with Crippen molar-refractivity contribution in [2.45, 2.75) is 43.4 Å². The summed E-state index contributed by atoms with van der Waals surface area (Å²) in [7, 11) is 0. The van der Waals surface area contributed by atoms with Crippen LogP contribution in [0, 0.1) is 0 Å². The van der Waals surface area contributed by atoms with Crippen molar-refractivity contribution in [3.05, 3.63) is 28.8 Å². The van der Waals surface area contributed by atoms with Crippen molar-refractivity contribution in [1.82, 2.24) is 15.1 Å². The molecule has 2 N–H and O–H groups in total. The third-order valence-corrected chi connectivity index (χ3v) is 6.96. The zero-order valence-electron chi connectivity index (χ0n) is 16.7. The summed E-state index contributed by atoms with van der Waals surface area (Å²) in [4.78, 5) is 40.5. The Balaban J connectivity index is 1.22. The Morgan fingerprint density at radius 1 is 1.17 bits per heavy atom. The number of anilines is 1. The Kier molecular flexibility index (Phi) is 4.67. The number of rotatable bonds is 2. The van der Waals surface area contributed by atoms with Crippen LogP contribution in [-0.2, 0) is 14.3 Å². The van der Waals surface area contributed by atoms with Crippen molar-refractivity contribution >= 4 is 35.0 Å². The zero-order chi connectivity index (χ0) is 20.9. The molecule has 0 aliphatic carbocycles. The second kappa shape index (κ2) is 7.13. The average molecular weight is 433 g/mol. The lowest BCUT2D eigenvalue weighted by Crippen LogP contribution is -2.59. The molecule has 0 saturated carbocycles. The van der Waals surface area contributed by atoms with E-state index in [1.807, 2.05) is 11.0 Å². The number of likely N-dealkylation sites (tertiary alicyclic amines) is 2. The first-order valence-corrected chi connectivity index (χ1v) is 10.8. The van der Waals surface area contributed by atoms with Crippen LogP contribution in [0.2, 0.25) is 5.02 Å². The summed E-state index contributed by atoms with van der Waals surface area (Å²) in [5, 5.41) is 7.05. The number of nitrogens with zero attached hydrogens (tertiary/aromatic N) is 2. The van der Waals surface area contributed by atoms with Crippen molar-refractivity contribution in [3.63, 3.8) is 0 Å². The first-order chi connectivity index (χ1) is 14.4. The topological polar surface area (TPSA) is 91.0 Å². The molecule has 1 aromatic carbocycles. The highest BCUT2D eigenvalue weighted by Crippen LogP contribution is 2.43. The molecular formula is C21H25ClN4O4. The van der Waals surface area contributed by atoms with E-state index in [0.29, 0.717) is 62.5 Å². The highest BCUT2D eigenvalue weighted by Gasteiger charge is 2.53. The molecule has 1 atom stereocenters. The molecule has 0 radical (unpaired) electrons. The normalized spacial score (nSPS) is 27.4. The van der Waals surface area contributed by atoms with Crippen molar-refractivity contribution < 1.29 is 19.1 Å². The monoisotopic (exact) mass is 432 g/mol. The Bertz CT molecular complexity index is 914. The van der Waals surface area contributed by atoms with Gasteiger partial charge in [-0.1, -0.05) is 11.6 Å². The standard InChI is InChI=1S/C21H25ClN4O4/c22-14-3-4-16-15(10-14)19(29)24-21(23-16)12-20(30-13-21)5-8-25(9-6-20)18(28)11-26-7-1-2-17(26)27/h3-4,10,23H,1-2,5-9,11-13H2,(H,24,29). The zero-order valence-corrected chi connectivity index (χ0v) is 17.5. The summed E-state index contributed by atoms with van der Waals surface area (Å²) in [6.07, 6.45) is 3.43. The van der Waals surface area contributed by atoms with E-state index in [9.17, 15) is 14.4 Å². The Morgan fingerprint density at radius 3 is 2.70 bits per heavy atom. The van der Waals surface area contributed by atoms with E-state index in [1.54, 1.807) is 17.0 Å². The number of carbonyl (C=O) groups excluding carboxylic acids is 3. The molecule has 1 unspecified atom stereocenters. The quantitative estimate of drug-likeness (QED) is 0.740. The average Bonchev–Trinajstić information content (AvgIpc) is 3.27. The molecule has 4 heterocycles. The minimum atomic E-state index is -0.647. The van der Waals surface area contributed by atoms with Crippen molar-refractivity contribution in [3.8, 4) is 0 Å². The number of nitrogens with one attached hydrogen (secondary N) is 2. The Morgan fingerprint density at radius 2 is 1.97 bits per heavy atom. The molecule has 8 nitrogen and oxygen atoms in total. The van der Waals surface area contributed by atoms with E-state index in [0.717, 1.165) is 12.1 Å². The molecule has 0 aromatic heterocycles. The maximum absolute atomic E-state index is 12.7. The molecule has 9 heteroatoms. The summed E-state index contributed by atoms with van der Waals surface area (Å²) < 4.78 is 6.23. The van der Waals surface area contributed by atoms with Crippen LogP contribution in [0.5, 0.6) is 0 Å². The molecule has 5 rings (SSSR count). The number of carbonyl (C=O) groups is 3. The van der Waals surface area contributed by atoms with Crippen molar-refractivity contribution in [2.24, 2.45) is 0 Å². The van der Waals surface area contributed by atoms with Gasteiger partial charge in [-0.15, -0.1) is 0 Å². The van der Waals surface area contributed by atoms with Crippen molar-refractivity contribution in [2.75, 3.05) is 38.1 Å². The van der Waals surface area contributed by atoms with Gasteiger partial charge in [0.1, 0.15) is 5.66 Å². The highest BCUT2D eigenvalue weighted by molar-refractivity contribution is 6.31. The largest absolute Gasteiger partial charge is 0.370 e. The molecule has 3 saturated heterocycles.